The molecule has 102 valence electrons. The Morgan fingerprint density at radius 2 is 2.15 bits per heavy atom. The molecule has 2 N–H and O–H groups in total. The van der Waals surface area contributed by atoms with Gasteiger partial charge in [0.25, 0.3) is 5.56 Å². The minimum absolute atomic E-state index is 0.155. The molecule has 0 bridgehead atoms. The second-order valence-corrected chi connectivity index (χ2v) is 5.41. The summed E-state index contributed by atoms with van der Waals surface area (Å²) in [6.07, 6.45) is 2.11. The summed E-state index contributed by atoms with van der Waals surface area (Å²) in [5.74, 6) is 0.543. The van der Waals surface area contributed by atoms with Crippen molar-refractivity contribution in [2.75, 3.05) is 25.5 Å². The molecule has 2 radical (unpaired) electrons. The van der Waals surface area contributed by atoms with Gasteiger partial charge in [-0.05, 0) is 39.0 Å². The minimum atomic E-state index is -0.155. The van der Waals surface area contributed by atoms with Crippen molar-refractivity contribution in [1.29, 1.82) is 0 Å². The van der Waals surface area contributed by atoms with Gasteiger partial charge in [-0.2, -0.15) is 0 Å². The van der Waals surface area contributed by atoms with Crippen LogP contribution in [0.4, 0.5) is 5.95 Å². The summed E-state index contributed by atoms with van der Waals surface area (Å²) in [5.41, 5.74) is 1.08. The number of anilines is 1. The van der Waals surface area contributed by atoms with Crippen molar-refractivity contribution >= 4 is 30.2 Å². The van der Waals surface area contributed by atoms with Crippen molar-refractivity contribution < 1.29 is 0 Å². The van der Waals surface area contributed by atoms with E-state index in [1.165, 1.54) is 0 Å². The summed E-state index contributed by atoms with van der Waals surface area (Å²) in [5, 5.41) is 3.85. The smallest absolute Gasteiger partial charge is 0.260 e. The van der Waals surface area contributed by atoms with Crippen LogP contribution in [0.25, 0.3) is 10.9 Å². The van der Waals surface area contributed by atoms with Crippen LogP contribution in [0, 0.1) is 0 Å². The van der Waals surface area contributed by atoms with E-state index in [2.05, 4.69) is 27.2 Å². The standard InChI is InChI=1S/C14H17BN4O/c1-19-6-4-10(5-7-19)16-14-17-12-3-2-9(15)8-11(12)13(20)18-14/h2-3,8,10H,4-7H2,1H3,(H2,16,17,18,20). The first kappa shape index (κ1) is 13.2. The maximum absolute atomic E-state index is 12.0. The van der Waals surface area contributed by atoms with Crippen molar-refractivity contribution in [3.05, 3.63) is 28.6 Å². The maximum Gasteiger partial charge on any atom is 0.260 e. The van der Waals surface area contributed by atoms with Gasteiger partial charge >= 0.3 is 0 Å². The van der Waals surface area contributed by atoms with E-state index in [4.69, 9.17) is 7.85 Å². The van der Waals surface area contributed by atoms with E-state index in [1.54, 1.807) is 18.2 Å². The molecule has 0 unspecified atom stereocenters. The van der Waals surface area contributed by atoms with Crippen LogP contribution in [0.3, 0.4) is 0 Å². The van der Waals surface area contributed by atoms with E-state index >= 15 is 0 Å². The fourth-order valence-electron chi connectivity index (χ4n) is 2.57. The molecule has 1 aromatic heterocycles. The predicted molar refractivity (Wildman–Crippen MR) is 81.9 cm³/mol. The summed E-state index contributed by atoms with van der Waals surface area (Å²) in [7, 11) is 7.81. The van der Waals surface area contributed by atoms with E-state index < -0.39 is 0 Å². The molecule has 1 fully saturated rings. The lowest BCUT2D eigenvalue weighted by Crippen LogP contribution is -2.37. The molecule has 1 aromatic carbocycles. The molecule has 2 heterocycles. The van der Waals surface area contributed by atoms with Crippen molar-refractivity contribution in [3.8, 4) is 0 Å². The zero-order chi connectivity index (χ0) is 14.1. The molecule has 0 atom stereocenters. The van der Waals surface area contributed by atoms with Crippen LogP contribution in [0.5, 0.6) is 0 Å². The van der Waals surface area contributed by atoms with Crippen molar-refractivity contribution in [1.82, 2.24) is 14.9 Å². The molecule has 0 aliphatic carbocycles. The lowest BCUT2D eigenvalue weighted by atomic mass is 9.95. The number of nitrogens with one attached hydrogen (secondary N) is 2. The highest BCUT2D eigenvalue weighted by atomic mass is 16.1. The Morgan fingerprint density at radius 1 is 1.40 bits per heavy atom. The molecule has 0 saturated carbocycles. The molecular weight excluding hydrogens is 251 g/mol. The third-order valence-electron chi connectivity index (χ3n) is 3.79. The molecule has 2 aromatic rings. The molecule has 20 heavy (non-hydrogen) atoms. The Balaban J connectivity index is 1.85. The molecule has 1 saturated heterocycles. The highest BCUT2D eigenvalue weighted by Gasteiger charge is 2.17. The van der Waals surface area contributed by atoms with Gasteiger partial charge in [-0.15, -0.1) is 0 Å². The SMILES string of the molecule is [B]c1ccc2nc(NC3CCN(C)CC3)[nH]c(=O)c2c1. The van der Waals surface area contributed by atoms with Gasteiger partial charge in [-0.25, -0.2) is 4.98 Å². The monoisotopic (exact) mass is 268 g/mol. The third kappa shape index (κ3) is 2.70. The molecule has 3 rings (SSSR count). The lowest BCUT2D eigenvalue weighted by molar-refractivity contribution is 0.263. The number of likely N-dealkylation sites (tertiary alicyclic amines) is 1. The number of fused-ring (bicyclic) bond motifs is 1. The first-order valence-electron chi connectivity index (χ1n) is 6.86. The predicted octanol–water partition coefficient (Wildman–Crippen LogP) is 0.223. The quantitative estimate of drug-likeness (QED) is 0.765. The average Bonchev–Trinajstić information content (AvgIpc) is 2.42. The first-order chi connectivity index (χ1) is 9.61. The van der Waals surface area contributed by atoms with E-state index in [0.29, 0.717) is 28.4 Å². The van der Waals surface area contributed by atoms with Crippen LogP contribution >= 0.6 is 0 Å². The Kier molecular flexibility index (Phi) is 3.48. The largest absolute Gasteiger partial charge is 0.353 e. The van der Waals surface area contributed by atoms with Gasteiger partial charge in [0.1, 0.15) is 7.85 Å². The lowest BCUT2D eigenvalue weighted by Gasteiger charge is -2.29. The minimum Gasteiger partial charge on any atom is -0.353 e. The Bertz CT molecular complexity index is 676. The van der Waals surface area contributed by atoms with Gasteiger partial charge in [-0.3, -0.25) is 9.78 Å². The molecular formula is C14H17BN4O. The summed E-state index contributed by atoms with van der Waals surface area (Å²) >= 11 is 0. The van der Waals surface area contributed by atoms with E-state index in [9.17, 15) is 4.79 Å². The zero-order valence-corrected chi connectivity index (χ0v) is 11.5. The van der Waals surface area contributed by atoms with E-state index in [-0.39, 0.29) is 5.56 Å². The fourth-order valence-corrected chi connectivity index (χ4v) is 2.57. The summed E-state index contributed by atoms with van der Waals surface area (Å²) in [6, 6.07) is 5.55. The number of aromatic nitrogens is 2. The molecule has 0 spiro atoms. The Hall–Kier alpha value is -1.82. The number of benzene rings is 1. The van der Waals surface area contributed by atoms with Gasteiger partial charge in [0.05, 0.1) is 10.9 Å². The van der Waals surface area contributed by atoms with Gasteiger partial charge in [0, 0.05) is 6.04 Å². The van der Waals surface area contributed by atoms with Crippen LogP contribution in [0.2, 0.25) is 0 Å². The number of aromatic amines is 1. The number of hydrogen-bond donors (Lipinski definition) is 2. The van der Waals surface area contributed by atoms with E-state index in [1.807, 2.05) is 0 Å². The van der Waals surface area contributed by atoms with Crippen LogP contribution in [-0.4, -0.2) is 48.9 Å². The summed E-state index contributed by atoms with van der Waals surface area (Å²) in [6.45, 7) is 2.12. The number of H-pyrrole nitrogens is 1. The normalized spacial score (nSPS) is 17.4. The first-order valence-corrected chi connectivity index (χ1v) is 6.86. The van der Waals surface area contributed by atoms with Gasteiger partial charge in [0.2, 0.25) is 5.95 Å². The van der Waals surface area contributed by atoms with Crippen LogP contribution in [0.15, 0.2) is 23.0 Å². The third-order valence-corrected chi connectivity index (χ3v) is 3.79. The highest BCUT2D eigenvalue weighted by Crippen LogP contribution is 2.13. The van der Waals surface area contributed by atoms with Gasteiger partial charge in [0.15, 0.2) is 0 Å². The Morgan fingerprint density at radius 3 is 2.90 bits per heavy atom. The average molecular weight is 268 g/mol. The van der Waals surface area contributed by atoms with Gasteiger partial charge < -0.3 is 10.2 Å². The maximum atomic E-state index is 12.0. The highest BCUT2D eigenvalue weighted by molar-refractivity contribution is 6.33. The number of hydrogen-bond acceptors (Lipinski definition) is 4. The number of nitrogens with zero attached hydrogens (tertiary/aromatic N) is 2. The van der Waals surface area contributed by atoms with Crippen molar-refractivity contribution in [3.63, 3.8) is 0 Å². The number of piperidine rings is 1. The molecule has 5 nitrogen and oxygen atoms in total. The summed E-state index contributed by atoms with van der Waals surface area (Å²) < 4.78 is 0. The molecule has 1 aliphatic heterocycles. The van der Waals surface area contributed by atoms with Gasteiger partial charge in [-0.1, -0.05) is 17.6 Å². The molecule has 6 heteroatoms. The van der Waals surface area contributed by atoms with Crippen LogP contribution in [-0.2, 0) is 0 Å². The molecule has 1 aliphatic rings. The van der Waals surface area contributed by atoms with Crippen LogP contribution < -0.4 is 16.3 Å². The summed E-state index contributed by atoms with van der Waals surface area (Å²) in [4.78, 5) is 21.6. The van der Waals surface area contributed by atoms with Crippen LogP contribution in [0.1, 0.15) is 12.8 Å². The van der Waals surface area contributed by atoms with Crippen molar-refractivity contribution in [2.24, 2.45) is 0 Å². The zero-order valence-electron chi connectivity index (χ0n) is 11.5. The topological polar surface area (TPSA) is 61.0 Å². The number of rotatable bonds is 2. The fraction of sp³-hybridized carbons (Fsp3) is 0.429. The van der Waals surface area contributed by atoms with Crippen molar-refractivity contribution in [2.45, 2.75) is 18.9 Å². The Labute approximate surface area is 118 Å². The second-order valence-electron chi connectivity index (χ2n) is 5.41. The second kappa shape index (κ2) is 5.29. The molecule has 0 amide bonds. The van der Waals surface area contributed by atoms with E-state index in [0.717, 1.165) is 25.9 Å².